The van der Waals surface area contributed by atoms with Crippen LogP contribution in [0, 0.1) is 13.8 Å². The summed E-state index contributed by atoms with van der Waals surface area (Å²) in [7, 11) is 1.73. The number of aromatic amines is 1. The van der Waals surface area contributed by atoms with Gasteiger partial charge in [0, 0.05) is 30.2 Å². The fourth-order valence-electron chi connectivity index (χ4n) is 3.57. The SMILES string of the molecule is Cc1nn(-c2ccccc2)c(C)c1CN(C)C(=O)c1cc2ccccc2c(=O)[nH]1. The van der Waals surface area contributed by atoms with E-state index in [0.29, 0.717) is 11.9 Å². The van der Waals surface area contributed by atoms with Crippen molar-refractivity contribution in [2.24, 2.45) is 0 Å². The molecule has 4 rings (SSSR count). The van der Waals surface area contributed by atoms with E-state index in [0.717, 1.165) is 28.0 Å². The number of carbonyl (C=O) groups excluding carboxylic acids is 1. The number of pyridine rings is 1. The van der Waals surface area contributed by atoms with Gasteiger partial charge in [-0.1, -0.05) is 36.4 Å². The third-order valence-electron chi connectivity index (χ3n) is 5.17. The topological polar surface area (TPSA) is 71.0 Å². The predicted molar refractivity (Wildman–Crippen MR) is 113 cm³/mol. The number of para-hydroxylation sites is 1. The Kier molecular flexibility index (Phi) is 4.76. The number of hydrogen-bond donors (Lipinski definition) is 1. The van der Waals surface area contributed by atoms with E-state index in [9.17, 15) is 9.59 Å². The smallest absolute Gasteiger partial charge is 0.270 e. The van der Waals surface area contributed by atoms with E-state index in [1.165, 1.54) is 0 Å². The summed E-state index contributed by atoms with van der Waals surface area (Å²) < 4.78 is 1.89. The van der Waals surface area contributed by atoms with Crippen LogP contribution in [0.3, 0.4) is 0 Å². The minimum atomic E-state index is -0.260. The number of hydrogen-bond acceptors (Lipinski definition) is 3. The molecule has 6 nitrogen and oxygen atoms in total. The second kappa shape index (κ2) is 7.39. The number of H-pyrrole nitrogens is 1. The average molecular weight is 386 g/mol. The van der Waals surface area contributed by atoms with Gasteiger partial charge in [-0.3, -0.25) is 9.59 Å². The molecule has 0 bridgehead atoms. The first-order chi connectivity index (χ1) is 14.0. The van der Waals surface area contributed by atoms with Crippen molar-refractivity contribution in [3.05, 3.63) is 93.7 Å². The van der Waals surface area contributed by atoms with E-state index < -0.39 is 0 Å². The van der Waals surface area contributed by atoms with Crippen LogP contribution in [0.25, 0.3) is 16.5 Å². The van der Waals surface area contributed by atoms with Gasteiger partial charge in [0.15, 0.2) is 0 Å². The number of aromatic nitrogens is 3. The van der Waals surface area contributed by atoms with Crippen molar-refractivity contribution < 1.29 is 4.79 Å². The molecule has 2 aromatic carbocycles. The fraction of sp³-hybridized carbons (Fsp3) is 0.174. The normalized spacial score (nSPS) is 11.0. The van der Waals surface area contributed by atoms with Crippen LogP contribution in [0.1, 0.15) is 27.4 Å². The summed E-state index contributed by atoms with van der Waals surface area (Å²) in [5, 5.41) is 5.96. The van der Waals surface area contributed by atoms with Crippen molar-refractivity contribution in [3.63, 3.8) is 0 Å². The Hall–Kier alpha value is -3.67. The quantitative estimate of drug-likeness (QED) is 0.582. The minimum Gasteiger partial charge on any atom is -0.336 e. The van der Waals surface area contributed by atoms with Gasteiger partial charge in [-0.25, -0.2) is 4.68 Å². The molecule has 2 heterocycles. The van der Waals surface area contributed by atoms with Crippen LogP contribution < -0.4 is 5.56 Å². The van der Waals surface area contributed by atoms with Crippen LogP contribution >= 0.6 is 0 Å². The van der Waals surface area contributed by atoms with Gasteiger partial charge >= 0.3 is 0 Å². The molecule has 0 aliphatic rings. The number of carbonyl (C=O) groups is 1. The van der Waals surface area contributed by atoms with Crippen LogP contribution in [0.4, 0.5) is 0 Å². The van der Waals surface area contributed by atoms with Crippen LogP contribution in [-0.4, -0.2) is 32.6 Å². The van der Waals surface area contributed by atoms with Gasteiger partial charge in [-0.05, 0) is 43.5 Å². The number of nitrogens with one attached hydrogen (secondary N) is 1. The maximum atomic E-state index is 13.0. The summed E-state index contributed by atoms with van der Waals surface area (Å²) in [6.07, 6.45) is 0. The Bertz CT molecular complexity index is 1260. The first kappa shape index (κ1) is 18.7. The van der Waals surface area contributed by atoms with Gasteiger partial charge in [-0.15, -0.1) is 0 Å². The number of fused-ring (bicyclic) bond motifs is 1. The standard InChI is InChI=1S/C23H22N4O2/c1-15-20(16(2)27(25-15)18-10-5-4-6-11-18)14-26(3)23(29)21-13-17-9-7-8-12-19(17)22(28)24-21/h4-13H,14H2,1-3H3,(H,24,28). The van der Waals surface area contributed by atoms with E-state index in [1.807, 2.05) is 61.0 Å². The van der Waals surface area contributed by atoms with Gasteiger partial charge in [0.2, 0.25) is 0 Å². The Labute approximate surface area is 168 Å². The van der Waals surface area contributed by atoms with Crippen molar-refractivity contribution in [2.75, 3.05) is 7.05 Å². The largest absolute Gasteiger partial charge is 0.336 e. The van der Waals surface area contributed by atoms with Crippen molar-refractivity contribution in [1.29, 1.82) is 0 Å². The Balaban J connectivity index is 1.63. The lowest BCUT2D eigenvalue weighted by atomic mass is 10.1. The molecule has 2 aromatic heterocycles. The van der Waals surface area contributed by atoms with Crippen molar-refractivity contribution in [1.82, 2.24) is 19.7 Å². The Morgan fingerprint density at radius 1 is 1.07 bits per heavy atom. The molecule has 0 saturated carbocycles. The number of aryl methyl sites for hydroxylation is 1. The highest BCUT2D eigenvalue weighted by Gasteiger charge is 2.19. The van der Waals surface area contributed by atoms with Gasteiger partial charge in [0.25, 0.3) is 11.5 Å². The van der Waals surface area contributed by atoms with Crippen LogP contribution in [0.15, 0.2) is 65.5 Å². The number of benzene rings is 2. The third kappa shape index (κ3) is 3.45. The predicted octanol–water partition coefficient (Wildman–Crippen LogP) is 3.60. The molecule has 1 amide bonds. The molecule has 29 heavy (non-hydrogen) atoms. The second-order valence-electron chi connectivity index (χ2n) is 7.16. The Morgan fingerprint density at radius 2 is 1.76 bits per heavy atom. The fourth-order valence-corrected chi connectivity index (χ4v) is 3.57. The molecule has 4 aromatic rings. The molecule has 0 unspecified atom stereocenters. The molecule has 1 N–H and O–H groups in total. The molecular formula is C23H22N4O2. The summed E-state index contributed by atoms with van der Waals surface area (Å²) in [6, 6.07) is 18.9. The summed E-state index contributed by atoms with van der Waals surface area (Å²) in [6.45, 7) is 4.34. The zero-order valence-corrected chi connectivity index (χ0v) is 16.6. The highest BCUT2D eigenvalue weighted by Crippen LogP contribution is 2.20. The van der Waals surface area contributed by atoms with Crippen molar-refractivity contribution >= 4 is 16.7 Å². The molecule has 0 radical (unpaired) electrons. The monoisotopic (exact) mass is 386 g/mol. The molecule has 0 aliphatic heterocycles. The molecular weight excluding hydrogens is 364 g/mol. The maximum Gasteiger partial charge on any atom is 0.270 e. The molecule has 0 fully saturated rings. The van der Waals surface area contributed by atoms with Crippen LogP contribution in [0.2, 0.25) is 0 Å². The molecule has 0 atom stereocenters. The van der Waals surface area contributed by atoms with Crippen molar-refractivity contribution in [3.8, 4) is 5.69 Å². The lowest BCUT2D eigenvalue weighted by Crippen LogP contribution is -2.29. The highest BCUT2D eigenvalue weighted by molar-refractivity contribution is 5.96. The number of nitrogens with zero attached hydrogens (tertiary/aromatic N) is 3. The van der Waals surface area contributed by atoms with Crippen LogP contribution in [-0.2, 0) is 6.54 Å². The van der Waals surface area contributed by atoms with Gasteiger partial charge in [-0.2, -0.15) is 5.10 Å². The van der Waals surface area contributed by atoms with Gasteiger partial charge in [0.05, 0.1) is 11.4 Å². The van der Waals surface area contributed by atoms with E-state index >= 15 is 0 Å². The Morgan fingerprint density at radius 3 is 2.52 bits per heavy atom. The average Bonchev–Trinajstić information content (AvgIpc) is 3.02. The zero-order chi connectivity index (χ0) is 20.5. The lowest BCUT2D eigenvalue weighted by Gasteiger charge is -2.18. The van der Waals surface area contributed by atoms with Gasteiger partial charge in [0.1, 0.15) is 5.69 Å². The summed E-state index contributed by atoms with van der Waals surface area (Å²) in [5.41, 5.74) is 3.85. The second-order valence-corrected chi connectivity index (χ2v) is 7.16. The van der Waals surface area contributed by atoms with E-state index in [4.69, 9.17) is 0 Å². The molecule has 0 saturated heterocycles. The lowest BCUT2D eigenvalue weighted by molar-refractivity contribution is 0.0779. The zero-order valence-electron chi connectivity index (χ0n) is 16.6. The van der Waals surface area contributed by atoms with E-state index in [1.54, 1.807) is 30.1 Å². The van der Waals surface area contributed by atoms with Gasteiger partial charge < -0.3 is 9.88 Å². The highest BCUT2D eigenvalue weighted by atomic mass is 16.2. The van der Waals surface area contributed by atoms with Crippen molar-refractivity contribution in [2.45, 2.75) is 20.4 Å². The number of amides is 1. The first-order valence-corrected chi connectivity index (χ1v) is 9.44. The van der Waals surface area contributed by atoms with Crippen LogP contribution in [0.5, 0.6) is 0 Å². The maximum absolute atomic E-state index is 13.0. The van der Waals surface area contributed by atoms with E-state index in [-0.39, 0.29) is 17.2 Å². The number of rotatable bonds is 4. The molecule has 0 spiro atoms. The minimum absolute atomic E-state index is 0.237. The molecule has 146 valence electrons. The molecule has 0 aliphatic carbocycles. The third-order valence-corrected chi connectivity index (χ3v) is 5.17. The molecule has 6 heteroatoms. The summed E-state index contributed by atoms with van der Waals surface area (Å²) >= 11 is 0. The summed E-state index contributed by atoms with van der Waals surface area (Å²) in [5.74, 6) is -0.237. The summed E-state index contributed by atoms with van der Waals surface area (Å²) in [4.78, 5) is 29.6. The van der Waals surface area contributed by atoms with E-state index in [2.05, 4.69) is 10.1 Å². The first-order valence-electron chi connectivity index (χ1n) is 9.44.